The van der Waals surface area contributed by atoms with Gasteiger partial charge in [-0.15, -0.1) is 0 Å². The van der Waals surface area contributed by atoms with E-state index in [9.17, 15) is 8.42 Å². The normalized spacial score (nSPS) is 25.4. The van der Waals surface area contributed by atoms with Gasteiger partial charge in [0.2, 0.25) is 14.8 Å². The largest absolute Gasteiger partial charge is 0.409 e. The summed E-state index contributed by atoms with van der Waals surface area (Å²) in [5, 5.41) is -0.525. The van der Waals surface area contributed by atoms with E-state index in [1.54, 1.807) is 12.1 Å². The zero-order valence-electron chi connectivity index (χ0n) is 29.9. The van der Waals surface area contributed by atoms with Crippen molar-refractivity contribution in [2.24, 2.45) is 0 Å². The summed E-state index contributed by atoms with van der Waals surface area (Å²) in [6, 6.07) is 20.0. The van der Waals surface area contributed by atoms with Gasteiger partial charge in [0, 0.05) is 29.5 Å². The maximum absolute atomic E-state index is 14.6. The van der Waals surface area contributed by atoms with Gasteiger partial charge >= 0.3 is 8.56 Å². The van der Waals surface area contributed by atoms with Gasteiger partial charge < -0.3 is 22.8 Å². The summed E-state index contributed by atoms with van der Waals surface area (Å²) < 4.78 is 62.9. The molecule has 0 spiro atoms. The summed E-state index contributed by atoms with van der Waals surface area (Å²) in [6.07, 6.45) is -0.742. The Morgan fingerprint density at radius 2 is 1.50 bits per heavy atom. The van der Waals surface area contributed by atoms with E-state index in [2.05, 4.69) is 62.3 Å². The highest BCUT2D eigenvalue weighted by Gasteiger charge is 2.70. The molecule has 0 aromatic heterocycles. The van der Waals surface area contributed by atoms with Crippen LogP contribution < -0.4 is 0 Å². The molecule has 2 saturated heterocycles. The van der Waals surface area contributed by atoms with Crippen LogP contribution in [0.5, 0.6) is 0 Å². The molecule has 0 bridgehead atoms. The Morgan fingerprint density at radius 3 is 2.04 bits per heavy atom. The van der Waals surface area contributed by atoms with Crippen molar-refractivity contribution in [2.45, 2.75) is 145 Å². The molecule has 4 rings (SSSR count). The molecule has 4 atom stereocenters. The van der Waals surface area contributed by atoms with E-state index in [1.807, 2.05) is 49.4 Å². The van der Waals surface area contributed by atoms with Crippen LogP contribution in [0.4, 0.5) is 0 Å². The lowest BCUT2D eigenvalue weighted by atomic mass is 10.1. The van der Waals surface area contributed by atoms with Gasteiger partial charge in [-0.1, -0.05) is 110 Å². The number of aryl methyl sites for hydroxylation is 1. The molecule has 2 aliphatic rings. The lowest BCUT2D eigenvalue weighted by Crippen LogP contribution is -2.66. The van der Waals surface area contributed by atoms with Crippen LogP contribution in [0.2, 0.25) is 28.2 Å². The van der Waals surface area contributed by atoms with Crippen LogP contribution >= 0.6 is 0 Å². The number of hydrogen-bond donors (Lipinski definition) is 0. The first kappa shape index (κ1) is 37.4. The number of sulfone groups is 1. The topological polar surface area (TPSA) is 83.6 Å². The lowest BCUT2D eigenvalue weighted by Gasteiger charge is -2.55. The third-order valence-electron chi connectivity index (χ3n) is 10.2. The Morgan fingerprint density at radius 1 is 0.913 bits per heavy atom. The van der Waals surface area contributed by atoms with Crippen LogP contribution in [0, 0.1) is 6.92 Å². The maximum atomic E-state index is 14.6. The summed E-state index contributed by atoms with van der Waals surface area (Å²) in [6.45, 7) is 22.9. The number of rotatable bonds is 14. The molecule has 0 amide bonds. The highest BCUT2D eigenvalue weighted by molar-refractivity contribution is 7.93. The molecular formula is C36H58O7SSi2. The third-order valence-corrected chi connectivity index (χ3v) is 22.3. The molecule has 2 fully saturated rings. The highest BCUT2D eigenvalue weighted by atomic mass is 32.2. The Labute approximate surface area is 281 Å². The van der Waals surface area contributed by atoms with Gasteiger partial charge in [-0.05, 0) is 42.8 Å². The zero-order chi connectivity index (χ0) is 34.0. The summed E-state index contributed by atoms with van der Waals surface area (Å²) in [7, 11) is -8.93. The smallest absolute Gasteiger partial charge is 0.349 e. The Balaban J connectivity index is 1.70. The molecule has 7 nitrogen and oxygen atoms in total. The van der Waals surface area contributed by atoms with E-state index in [0.29, 0.717) is 26.2 Å². The average Bonchev–Trinajstić information content (AvgIpc) is 3.72. The first-order valence-electron chi connectivity index (χ1n) is 17.1. The summed E-state index contributed by atoms with van der Waals surface area (Å²) in [5.74, 6) is 0. The van der Waals surface area contributed by atoms with Gasteiger partial charge in [0.05, 0.1) is 30.3 Å². The van der Waals surface area contributed by atoms with Gasteiger partial charge in [0.1, 0.15) is 6.10 Å². The van der Waals surface area contributed by atoms with Crippen molar-refractivity contribution < 1.29 is 31.2 Å². The van der Waals surface area contributed by atoms with Gasteiger partial charge in [-0.25, -0.2) is 8.42 Å². The molecule has 2 aliphatic heterocycles. The molecule has 2 aromatic rings. The fourth-order valence-electron chi connectivity index (χ4n) is 7.31. The highest BCUT2D eigenvalue weighted by Crippen LogP contribution is 2.57. The van der Waals surface area contributed by atoms with Crippen LogP contribution in [-0.4, -0.2) is 61.8 Å². The molecule has 258 valence electrons. The van der Waals surface area contributed by atoms with Crippen LogP contribution in [0.25, 0.3) is 0 Å². The first-order valence-corrected chi connectivity index (χ1v) is 22.9. The molecule has 2 heterocycles. The van der Waals surface area contributed by atoms with Gasteiger partial charge in [-0.2, -0.15) is 0 Å². The van der Waals surface area contributed by atoms with Crippen molar-refractivity contribution >= 4 is 26.7 Å². The molecule has 10 heteroatoms. The second-order valence-electron chi connectivity index (χ2n) is 15.2. The molecule has 0 N–H and O–H groups in total. The van der Waals surface area contributed by atoms with Crippen LogP contribution in [-0.2, 0) is 39.2 Å². The van der Waals surface area contributed by atoms with Crippen molar-refractivity contribution in [3.63, 3.8) is 0 Å². The van der Waals surface area contributed by atoms with E-state index < -0.39 is 43.9 Å². The summed E-state index contributed by atoms with van der Waals surface area (Å²) in [4.78, 5) is -1.17. The second kappa shape index (κ2) is 14.2. The van der Waals surface area contributed by atoms with Gasteiger partial charge in [-0.3, -0.25) is 0 Å². The lowest BCUT2D eigenvalue weighted by molar-refractivity contribution is -0.0741. The molecule has 0 aliphatic carbocycles. The van der Waals surface area contributed by atoms with E-state index in [4.69, 9.17) is 22.8 Å². The fourth-order valence-corrected chi connectivity index (χ4v) is 17.1. The number of hydrogen-bond acceptors (Lipinski definition) is 7. The minimum absolute atomic E-state index is 0.184. The number of ether oxygens (including phenoxy) is 2. The maximum Gasteiger partial charge on any atom is 0.349 e. The van der Waals surface area contributed by atoms with Crippen molar-refractivity contribution in [1.29, 1.82) is 0 Å². The summed E-state index contributed by atoms with van der Waals surface area (Å²) in [5.41, 5.74) is 2.08. The number of benzene rings is 2. The number of epoxide rings is 1. The van der Waals surface area contributed by atoms with Crippen molar-refractivity contribution in [3.8, 4) is 0 Å². The van der Waals surface area contributed by atoms with Crippen molar-refractivity contribution in [2.75, 3.05) is 13.2 Å². The fraction of sp³-hybridized carbons (Fsp3) is 0.667. The van der Waals surface area contributed by atoms with E-state index >= 15 is 0 Å². The minimum atomic E-state index is -3.90. The molecule has 0 saturated carbocycles. The average molecular weight is 691 g/mol. The van der Waals surface area contributed by atoms with Crippen LogP contribution in [0.3, 0.4) is 0 Å². The summed E-state index contributed by atoms with van der Waals surface area (Å²) >= 11 is 0. The third kappa shape index (κ3) is 7.44. The standard InChI is InChI=1S/C36H58O7SSi2/c1-11-45(12-2,13-3)42-32-27-40-46(34(5,6)7,35(8,9)10)43-31(32)25-36(44(37,38)30-21-19-28(4)20-22-30)33(41-36)23-24-39-26-29-17-15-14-16-18-29/h14-22,31-33H,11-13,23-27H2,1-10H3/t31-,32+,33?,36?/m0/s1. The van der Waals surface area contributed by atoms with E-state index in [-0.39, 0.29) is 27.5 Å². The predicted octanol–water partition coefficient (Wildman–Crippen LogP) is 8.71. The predicted molar refractivity (Wildman–Crippen MR) is 189 cm³/mol. The SMILES string of the molecule is CC[Si](CC)(CC)O[C@@H]1CO[Si](C(C)(C)C)(C(C)(C)C)O[C@H]1CC1(S(=O)(=O)c2ccc(C)cc2)OC1CCOCc1ccccc1. The monoisotopic (exact) mass is 690 g/mol. The Hall–Kier alpha value is -1.38. The Kier molecular flexibility index (Phi) is 11.6. The van der Waals surface area contributed by atoms with Crippen LogP contribution in [0.1, 0.15) is 86.3 Å². The zero-order valence-corrected chi connectivity index (χ0v) is 32.7. The molecule has 46 heavy (non-hydrogen) atoms. The van der Waals surface area contributed by atoms with Crippen LogP contribution in [0.15, 0.2) is 59.5 Å². The molecule has 0 radical (unpaired) electrons. The van der Waals surface area contributed by atoms with Crippen molar-refractivity contribution in [1.82, 2.24) is 0 Å². The van der Waals surface area contributed by atoms with Crippen molar-refractivity contribution in [3.05, 3.63) is 65.7 Å². The van der Waals surface area contributed by atoms with E-state index in [1.165, 1.54) is 0 Å². The molecule has 2 aromatic carbocycles. The quantitative estimate of drug-likeness (QED) is 0.111. The van der Waals surface area contributed by atoms with E-state index in [0.717, 1.165) is 29.3 Å². The molecule has 2 unspecified atom stereocenters. The second-order valence-corrected chi connectivity index (χ2v) is 26.9. The molecular weight excluding hydrogens is 633 g/mol. The van der Waals surface area contributed by atoms with Gasteiger partial charge in [0.25, 0.3) is 0 Å². The van der Waals surface area contributed by atoms with Gasteiger partial charge in [0.15, 0.2) is 8.32 Å². The Bertz CT molecular complexity index is 1360. The first-order chi connectivity index (χ1) is 21.5. The minimum Gasteiger partial charge on any atom is -0.409 e.